The van der Waals surface area contributed by atoms with Crippen LogP contribution in [-0.4, -0.2) is 66.7 Å². The van der Waals surface area contributed by atoms with Gasteiger partial charge in [0.15, 0.2) is 0 Å². The summed E-state index contributed by atoms with van der Waals surface area (Å²) in [6, 6.07) is 9.96. The van der Waals surface area contributed by atoms with E-state index in [4.69, 9.17) is 4.74 Å². The molecule has 0 bridgehead atoms. The summed E-state index contributed by atoms with van der Waals surface area (Å²) in [6.07, 6.45) is 3.67. The molecule has 3 heterocycles. The second-order valence-electron chi connectivity index (χ2n) is 7.49. The number of carbonyl (C=O) groups is 1. The van der Waals surface area contributed by atoms with Crippen molar-refractivity contribution >= 4 is 17.5 Å². The Hall–Kier alpha value is -2.87. The number of anilines is 2. The smallest absolute Gasteiger partial charge is 0.242 e. The summed E-state index contributed by atoms with van der Waals surface area (Å²) in [5.74, 6) is 2.56. The number of nitrogens with one attached hydrogen (secondary N) is 2. The average Bonchev–Trinajstić information content (AvgIpc) is 2.89. The first-order chi connectivity index (χ1) is 14.2. The van der Waals surface area contributed by atoms with Crippen molar-refractivity contribution in [3.63, 3.8) is 0 Å². The number of benzene rings is 1. The Balaban J connectivity index is 1.47. The maximum atomic E-state index is 12.9. The van der Waals surface area contributed by atoms with Gasteiger partial charge in [-0.3, -0.25) is 4.79 Å². The molecular formula is C21H28N6O2. The van der Waals surface area contributed by atoms with Crippen molar-refractivity contribution in [1.29, 1.82) is 0 Å². The predicted molar refractivity (Wildman–Crippen MR) is 112 cm³/mol. The first kappa shape index (κ1) is 19.4. The van der Waals surface area contributed by atoms with Crippen LogP contribution in [0, 0.1) is 0 Å². The van der Waals surface area contributed by atoms with Crippen molar-refractivity contribution < 1.29 is 9.53 Å². The number of hydrogen-bond donors (Lipinski definition) is 2. The number of fused-ring (bicyclic) bond motifs is 1. The number of likely N-dealkylation sites (N-methyl/N-ethyl adjacent to an activating group) is 1. The van der Waals surface area contributed by atoms with Crippen molar-refractivity contribution in [3.05, 3.63) is 42.2 Å². The fourth-order valence-corrected chi connectivity index (χ4v) is 3.94. The molecule has 8 nitrogen and oxygen atoms in total. The van der Waals surface area contributed by atoms with E-state index in [1.165, 1.54) is 0 Å². The Kier molecular flexibility index (Phi) is 6.09. The quantitative estimate of drug-likeness (QED) is 0.716. The largest absolute Gasteiger partial charge is 0.492 e. The molecule has 2 aliphatic rings. The molecule has 0 aliphatic carbocycles. The first-order valence-electron chi connectivity index (χ1n) is 10.2. The number of rotatable bonds is 6. The Labute approximate surface area is 171 Å². The summed E-state index contributed by atoms with van der Waals surface area (Å²) in [7, 11) is 1.91. The minimum absolute atomic E-state index is 0.137. The van der Waals surface area contributed by atoms with Crippen LogP contribution in [0.5, 0.6) is 5.75 Å². The Morgan fingerprint density at radius 2 is 2.10 bits per heavy atom. The Bertz CT molecular complexity index is 825. The van der Waals surface area contributed by atoms with Gasteiger partial charge in [-0.2, -0.15) is 0 Å². The van der Waals surface area contributed by atoms with E-state index in [2.05, 4.69) is 20.6 Å². The molecule has 0 saturated carbocycles. The first-order valence-corrected chi connectivity index (χ1v) is 10.2. The maximum absolute atomic E-state index is 12.9. The maximum Gasteiger partial charge on any atom is 0.242 e. The molecule has 0 radical (unpaired) electrons. The molecule has 29 heavy (non-hydrogen) atoms. The second kappa shape index (κ2) is 9.09. The average molecular weight is 396 g/mol. The zero-order chi connectivity index (χ0) is 20.1. The number of nitrogens with zero attached hydrogens (tertiary/aromatic N) is 4. The fraction of sp³-hybridized carbons (Fsp3) is 0.476. The number of amides is 1. The van der Waals surface area contributed by atoms with Gasteiger partial charge in [-0.25, -0.2) is 9.97 Å². The number of hydrogen-bond acceptors (Lipinski definition) is 7. The van der Waals surface area contributed by atoms with Crippen molar-refractivity contribution in [1.82, 2.24) is 20.2 Å². The summed E-state index contributed by atoms with van der Waals surface area (Å²) in [5.41, 5.74) is 0.964. The molecule has 1 atom stereocenters. The van der Waals surface area contributed by atoms with Crippen LogP contribution in [0.3, 0.4) is 0 Å². The third-order valence-corrected chi connectivity index (χ3v) is 5.42. The normalized spacial score (nSPS) is 19.5. The topological polar surface area (TPSA) is 82.6 Å². The van der Waals surface area contributed by atoms with E-state index in [-0.39, 0.29) is 11.9 Å². The minimum Gasteiger partial charge on any atom is -0.492 e. The van der Waals surface area contributed by atoms with Crippen LogP contribution in [0.15, 0.2) is 36.7 Å². The van der Waals surface area contributed by atoms with Gasteiger partial charge in [0.1, 0.15) is 30.3 Å². The van der Waals surface area contributed by atoms with Crippen LogP contribution in [-0.2, 0) is 11.3 Å². The zero-order valence-electron chi connectivity index (χ0n) is 16.8. The number of aromatic nitrogens is 2. The van der Waals surface area contributed by atoms with Gasteiger partial charge in [-0.1, -0.05) is 18.2 Å². The highest BCUT2D eigenvalue weighted by atomic mass is 16.5. The number of para-hydroxylation sites is 1. The highest BCUT2D eigenvalue weighted by Gasteiger charge is 2.32. The lowest BCUT2D eigenvalue weighted by Crippen LogP contribution is -2.49. The molecule has 2 N–H and O–H groups in total. The lowest BCUT2D eigenvalue weighted by atomic mass is 10.1. The molecule has 2 aromatic rings. The second-order valence-corrected chi connectivity index (χ2v) is 7.49. The van der Waals surface area contributed by atoms with Gasteiger partial charge in [-0.05, 0) is 31.5 Å². The molecule has 1 aromatic heterocycles. The molecule has 4 rings (SSSR count). The van der Waals surface area contributed by atoms with Gasteiger partial charge < -0.3 is 25.2 Å². The molecule has 1 fully saturated rings. The van der Waals surface area contributed by atoms with E-state index in [1.807, 2.05) is 47.2 Å². The SMILES string of the molecule is CN1CC(=O)N(C2CCCNC2)Cc2c(NCCOc3ccccc3)ncnc21. The lowest BCUT2D eigenvalue weighted by molar-refractivity contribution is -0.132. The van der Waals surface area contributed by atoms with Gasteiger partial charge in [-0.15, -0.1) is 0 Å². The lowest BCUT2D eigenvalue weighted by Gasteiger charge is -2.34. The van der Waals surface area contributed by atoms with E-state index in [1.54, 1.807) is 6.33 Å². The van der Waals surface area contributed by atoms with Crippen LogP contribution in [0.4, 0.5) is 11.6 Å². The van der Waals surface area contributed by atoms with Crippen molar-refractivity contribution in [3.8, 4) is 5.75 Å². The molecule has 1 aromatic carbocycles. The number of piperidine rings is 1. The highest BCUT2D eigenvalue weighted by molar-refractivity contribution is 5.84. The monoisotopic (exact) mass is 396 g/mol. The van der Waals surface area contributed by atoms with Gasteiger partial charge >= 0.3 is 0 Å². The standard InChI is InChI=1S/C21H28N6O2/c1-26-14-19(28)27(16-6-5-9-22-12-16)13-18-20(24-15-25-21(18)26)23-10-11-29-17-7-3-2-4-8-17/h2-4,7-8,15-16,22H,5-6,9-14H2,1H3,(H,23,24,25). The third kappa shape index (κ3) is 4.59. The predicted octanol–water partition coefficient (Wildman–Crippen LogP) is 1.50. The third-order valence-electron chi connectivity index (χ3n) is 5.42. The molecule has 1 amide bonds. The van der Waals surface area contributed by atoms with E-state index in [0.717, 1.165) is 48.9 Å². The van der Waals surface area contributed by atoms with E-state index < -0.39 is 0 Å². The van der Waals surface area contributed by atoms with Crippen LogP contribution >= 0.6 is 0 Å². The van der Waals surface area contributed by atoms with Gasteiger partial charge in [0.2, 0.25) is 5.91 Å². The van der Waals surface area contributed by atoms with Crippen molar-refractivity contribution in [2.24, 2.45) is 0 Å². The fourth-order valence-electron chi connectivity index (χ4n) is 3.94. The van der Waals surface area contributed by atoms with E-state index in [0.29, 0.717) is 26.2 Å². The number of carbonyl (C=O) groups excluding carboxylic acids is 1. The molecular weight excluding hydrogens is 368 g/mol. The molecule has 8 heteroatoms. The van der Waals surface area contributed by atoms with E-state index >= 15 is 0 Å². The van der Waals surface area contributed by atoms with Crippen molar-refractivity contribution in [2.45, 2.75) is 25.4 Å². The summed E-state index contributed by atoms with van der Waals surface area (Å²) < 4.78 is 5.76. The molecule has 1 unspecified atom stereocenters. The van der Waals surface area contributed by atoms with Crippen LogP contribution in [0.25, 0.3) is 0 Å². The van der Waals surface area contributed by atoms with Crippen LogP contribution in [0.2, 0.25) is 0 Å². The highest BCUT2D eigenvalue weighted by Crippen LogP contribution is 2.29. The zero-order valence-corrected chi connectivity index (χ0v) is 16.8. The van der Waals surface area contributed by atoms with Crippen molar-refractivity contribution in [2.75, 3.05) is 50.1 Å². The van der Waals surface area contributed by atoms with Gasteiger partial charge in [0.25, 0.3) is 0 Å². The number of ether oxygens (including phenoxy) is 1. The molecule has 1 saturated heterocycles. The van der Waals surface area contributed by atoms with E-state index in [9.17, 15) is 4.79 Å². The minimum atomic E-state index is 0.137. The molecule has 2 aliphatic heterocycles. The van der Waals surface area contributed by atoms with Crippen LogP contribution < -0.4 is 20.3 Å². The Morgan fingerprint density at radius 3 is 2.90 bits per heavy atom. The summed E-state index contributed by atoms with van der Waals surface area (Å²) >= 11 is 0. The van der Waals surface area contributed by atoms with Gasteiger partial charge in [0.05, 0.1) is 25.2 Å². The molecule has 0 spiro atoms. The summed E-state index contributed by atoms with van der Waals surface area (Å²) in [5, 5.41) is 6.78. The van der Waals surface area contributed by atoms with Gasteiger partial charge in [0, 0.05) is 19.6 Å². The molecule has 154 valence electrons. The Morgan fingerprint density at radius 1 is 1.24 bits per heavy atom. The summed E-state index contributed by atoms with van der Waals surface area (Å²) in [4.78, 5) is 25.7. The summed E-state index contributed by atoms with van der Waals surface area (Å²) in [6.45, 7) is 3.85. The van der Waals surface area contributed by atoms with Crippen LogP contribution in [0.1, 0.15) is 18.4 Å².